The van der Waals surface area contributed by atoms with Gasteiger partial charge in [0, 0.05) is 0 Å². The molecule has 0 saturated heterocycles. The first-order chi connectivity index (χ1) is 5.70. The summed E-state index contributed by atoms with van der Waals surface area (Å²) in [6.07, 6.45) is 4.42. The molecule has 2 rings (SSSR count). The number of hydrogen-bond acceptors (Lipinski definition) is 1. The van der Waals surface area contributed by atoms with E-state index in [0.29, 0.717) is 11.8 Å². The first-order valence-electron chi connectivity index (χ1n) is 4.52. The number of hydrogen-bond donors (Lipinski definition) is 0. The third-order valence-corrected chi connectivity index (χ3v) is 3.76. The van der Waals surface area contributed by atoms with Gasteiger partial charge >= 0.3 is 0 Å². The summed E-state index contributed by atoms with van der Waals surface area (Å²) < 4.78 is 0. The second kappa shape index (κ2) is 3.19. The molecule has 12 heavy (non-hydrogen) atoms. The molecular weight excluding hydrogens is 195 g/mol. The topological polar surface area (TPSA) is 17.1 Å². The highest BCUT2D eigenvalue weighted by Gasteiger charge is 2.42. The van der Waals surface area contributed by atoms with Gasteiger partial charge in [0.2, 0.25) is 0 Å². The van der Waals surface area contributed by atoms with Crippen molar-refractivity contribution in [3.05, 3.63) is 0 Å². The molecule has 0 N–H and O–H groups in total. The van der Waals surface area contributed by atoms with Gasteiger partial charge in [0.25, 0.3) is 0 Å². The van der Waals surface area contributed by atoms with Crippen LogP contribution in [0.15, 0.2) is 0 Å². The molecule has 2 atom stereocenters. The fourth-order valence-electron chi connectivity index (χ4n) is 1.39. The average Bonchev–Trinajstić information content (AvgIpc) is 2.90. The van der Waals surface area contributed by atoms with E-state index >= 15 is 0 Å². The monoisotopic (exact) mass is 206 g/mol. The Bertz CT molecular complexity index is 177. The predicted molar refractivity (Wildman–Crippen MR) is 49.7 cm³/mol. The number of rotatable bonds is 4. The molecule has 0 spiro atoms. The number of alkyl halides is 2. The summed E-state index contributed by atoms with van der Waals surface area (Å²) >= 11 is 11.9. The maximum Gasteiger partial charge on any atom is 0.168 e. The first-order valence-corrected chi connectivity index (χ1v) is 5.39. The third-order valence-electron chi connectivity index (χ3n) is 2.62. The van der Waals surface area contributed by atoms with Gasteiger partial charge in [0.1, 0.15) is 0 Å². The lowest BCUT2D eigenvalue weighted by molar-refractivity contribution is -0.119. The molecule has 2 aliphatic rings. The second-order valence-electron chi connectivity index (χ2n) is 3.88. The highest BCUT2D eigenvalue weighted by Crippen LogP contribution is 2.41. The molecule has 0 aliphatic heterocycles. The molecule has 68 valence electrons. The molecule has 0 amide bonds. The highest BCUT2D eigenvalue weighted by molar-refractivity contribution is 6.40. The lowest BCUT2D eigenvalue weighted by atomic mass is 10.1. The summed E-state index contributed by atoms with van der Waals surface area (Å²) in [7, 11) is 0. The summed E-state index contributed by atoms with van der Waals surface area (Å²) in [6, 6.07) is 0. The maximum atomic E-state index is 11.5. The third kappa shape index (κ3) is 1.77. The SMILES string of the molecule is O=C(C(Cl)C1CC1)C(Cl)C1CC1. The Kier molecular flexibility index (Phi) is 2.35. The standard InChI is InChI=1S/C9H12Cl2O/c10-7(5-1-2-5)9(12)8(11)6-3-4-6/h5-8H,1-4H2. The molecule has 2 saturated carbocycles. The van der Waals surface area contributed by atoms with Crippen molar-refractivity contribution in [2.24, 2.45) is 11.8 Å². The molecular formula is C9H12Cl2O. The Hall–Kier alpha value is 0.250. The summed E-state index contributed by atoms with van der Waals surface area (Å²) in [6.45, 7) is 0. The van der Waals surface area contributed by atoms with E-state index in [0.717, 1.165) is 25.7 Å². The van der Waals surface area contributed by atoms with Gasteiger partial charge in [-0.25, -0.2) is 0 Å². The minimum Gasteiger partial charge on any atom is -0.296 e. The second-order valence-corrected chi connectivity index (χ2v) is 4.82. The molecule has 2 aliphatic carbocycles. The van der Waals surface area contributed by atoms with Crippen molar-refractivity contribution in [3.63, 3.8) is 0 Å². The van der Waals surface area contributed by atoms with Crippen molar-refractivity contribution in [2.45, 2.75) is 36.4 Å². The van der Waals surface area contributed by atoms with Crippen molar-refractivity contribution >= 4 is 29.0 Å². The van der Waals surface area contributed by atoms with Crippen molar-refractivity contribution in [1.29, 1.82) is 0 Å². The van der Waals surface area contributed by atoms with Crippen LogP contribution in [-0.4, -0.2) is 16.5 Å². The van der Waals surface area contributed by atoms with E-state index in [-0.39, 0.29) is 16.5 Å². The van der Waals surface area contributed by atoms with Gasteiger partial charge in [-0.15, -0.1) is 23.2 Å². The van der Waals surface area contributed by atoms with Gasteiger partial charge in [0.15, 0.2) is 5.78 Å². The number of carbonyl (C=O) groups is 1. The zero-order chi connectivity index (χ0) is 8.72. The van der Waals surface area contributed by atoms with Crippen molar-refractivity contribution < 1.29 is 4.79 Å². The van der Waals surface area contributed by atoms with Crippen LogP contribution in [-0.2, 0) is 4.79 Å². The van der Waals surface area contributed by atoms with Gasteiger partial charge in [0.05, 0.1) is 10.8 Å². The molecule has 0 bridgehead atoms. The zero-order valence-corrected chi connectivity index (χ0v) is 8.31. The van der Waals surface area contributed by atoms with Gasteiger partial charge in [-0.05, 0) is 37.5 Å². The van der Waals surface area contributed by atoms with E-state index in [2.05, 4.69) is 0 Å². The molecule has 0 heterocycles. The predicted octanol–water partition coefficient (Wildman–Crippen LogP) is 2.59. The first kappa shape index (κ1) is 8.83. The number of ketones is 1. The van der Waals surface area contributed by atoms with Crippen molar-refractivity contribution in [3.8, 4) is 0 Å². The lowest BCUT2D eigenvalue weighted by Crippen LogP contribution is -2.27. The van der Waals surface area contributed by atoms with Crippen LogP contribution in [0.25, 0.3) is 0 Å². The number of carbonyl (C=O) groups excluding carboxylic acids is 1. The normalized spacial score (nSPS) is 28.2. The Morgan fingerprint density at radius 2 is 1.33 bits per heavy atom. The quantitative estimate of drug-likeness (QED) is 0.647. The lowest BCUT2D eigenvalue weighted by Gasteiger charge is -2.10. The van der Waals surface area contributed by atoms with E-state index in [1.165, 1.54) is 0 Å². The Labute approximate surface area is 82.4 Å². The Morgan fingerprint density at radius 3 is 1.58 bits per heavy atom. The van der Waals surface area contributed by atoms with E-state index in [1.54, 1.807) is 0 Å². The van der Waals surface area contributed by atoms with Crippen LogP contribution < -0.4 is 0 Å². The van der Waals surface area contributed by atoms with Crippen LogP contribution in [0.3, 0.4) is 0 Å². The Morgan fingerprint density at radius 1 is 1.00 bits per heavy atom. The Balaban J connectivity index is 1.88. The minimum atomic E-state index is -0.298. The maximum absolute atomic E-state index is 11.5. The summed E-state index contributed by atoms with van der Waals surface area (Å²) in [4.78, 5) is 11.5. The smallest absolute Gasteiger partial charge is 0.168 e. The fourth-order valence-corrected chi connectivity index (χ4v) is 2.23. The molecule has 3 heteroatoms. The number of Topliss-reactive ketones (excluding diaryl/α,β-unsaturated/α-hetero) is 1. The van der Waals surface area contributed by atoms with E-state index in [4.69, 9.17) is 23.2 Å². The van der Waals surface area contributed by atoms with E-state index < -0.39 is 0 Å². The molecule has 0 radical (unpaired) electrons. The van der Waals surface area contributed by atoms with Gasteiger partial charge < -0.3 is 0 Å². The molecule has 2 unspecified atom stereocenters. The van der Waals surface area contributed by atoms with Gasteiger partial charge in [-0.2, -0.15) is 0 Å². The molecule has 2 fully saturated rings. The highest BCUT2D eigenvalue weighted by atomic mass is 35.5. The van der Waals surface area contributed by atoms with Crippen LogP contribution >= 0.6 is 23.2 Å². The van der Waals surface area contributed by atoms with Crippen molar-refractivity contribution in [2.75, 3.05) is 0 Å². The molecule has 0 aromatic rings. The van der Waals surface area contributed by atoms with E-state index in [1.807, 2.05) is 0 Å². The number of halogens is 2. The summed E-state index contributed by atoms with van der Waals surface area (Å²) in [5.74, 6) is 0.932. The van der Waals surface area contributed by atoms with Gasteiger partial charge in [-0.3, -0.25) is 4.79 Å². The van der Waals surface area contributed by atoms with Gasteiger partial charge in [-0.1, -0.05) is 0 Å². The van der Waals surface area contributed by atoms with Crippen molar-refractivity contribution in [1.82, 2.24) is 0 Å². The molecule has 0 aromatic carbocycles. The molecule has 1 nitrogen and oxygen atoms in total. The van der Waals surface area contributed by atoms with Crippen LogP contribution in [0.5, 0.6) is 0 Å². The minimum absolute atomic E-state index is 0.0725. The average molecular weight is 207 g/mol. The van der Waals surface area contributed by atoms with Crippen LogP contribution in [0.2, 0.25) is 0 Å². The van der Waals surface area contributed by atoms with Crippen LogP contribution in [0, 0.1) is 11.8 Å². The van der Waals surface area contributed by atoms with E-state index in [9.17, 15) is 4.79 Å². The zero-order valence-electron chi connectivity index (χ0n) is 6.80. The summed E-state index contributed by atoms with van der Waals surface area (Å²) in [5.41, 5.74) is 0. The van der Waals surface area contributed by atoms with Crippen LogP contribution in [0.4, 0.5) is 0 Å². The summed E-state index contributed by atoms with van der Waals surface area (Å²) in [5, 5.41) is -0.596. The largest absolute Gasteiger partial charge is 0.296 e. The molecule has 0 aromatic heterocycles. The fraction of sp³-hybridized carbons (Fsp3) is 0.889. The van der Waals surface area contributed by atoms with Crippen LogP contribution in [0.1, 0.15) is 25.7 Å².